The molecule has 1 aliphatic heterocycles. The van der Waals surface area contributed by atoms with Crippen LogP contribution in [0.2, 0.25) is 0 Å². The number of amides is 1. The van der Waals surface area contributed by atoms with Crippen molar-refractivity contribution in [1.29, 1.82) is 0 Å². The number of nitrogens with zero attached hydrogens (tertiary/aromatic N) is 1. The summed E-state index contributed by atoms with van der Waals surface area (Å²) in [5.41, 5.74) is 4.25. The van der Waals surface area contributed by atoms with Gasteiger partial charge in [0.05, 0.1) is 5.69 Å². The van der Waals surface area contributed by atoms with Crippen molar-refractivity contribution >= 4 is 27.5 Å². The second kappa shape index (κ2) is 4.82. The summed E-state index contributed by atoms with van der Waals surface area (Å²) < 4.78 is 0.933. The molecule has 19 heavy (non-hydrogen) atoms. The first-order chi connectivity index (χ1) is 9.16. The van der Waals surface area contributed by atoms with E-state index < -0.39 is 0 Å². The Morgan fingerprint density at radius 2 is 2.00 bits per heavy atom. The molecule has 96 valence electrons. The van der Waals surface area contributed by atoms with Crippen LogP contribution in [0.4, 0.5) is 5.69 Å². The zero-order chi connectivity index (χ0) is 13.4. The summed E-state index contributed by atoms with van der Waals surface area (Å²) in [6.07, 6.45) is 0.941. The molecule has 2 nitrogen and oxygen atoms in total. The molecule has 1 aliphatic rings. The second-order valence-corrected chi connectivity index (χ2v) is 5.72. The Kier molecular flexibility index (Phi) is 3.15. The van der Waals surface area contributed by atoms with Gasteiger partial charge in [0, 0.05) is 16.6 Å². The highest BCUT2D eigenvalue weighted by atomic mass is 79.9. The lowest BCUT2D eigenvalue weighted by Gasteiger charge is -2.19. The summed E-state index contributed by atoms with van der Waals surface area (Å²) in [5.74, 6) is 0.0781. The van der Waals surface area contributed by atoms with E-state index in [1.165, 1.54) is 11.1 Å². The molecule has 2 aromatic rings. The van der Waals surface area contributed by atoms with Crippen LogP contribution < -0.4 is 4.90 Å². The summed E-state index contributed by atoms with van der Waals surface area (Å²) in [6, 6.07) is 13.8. The van der Waals surface area contributed by atoms with Crippen LogP contribution in [0.5, 0.6) is 0 Å². The lowest BCUT2D eigenvalue weighted by molar-refractivity contribution is 0.0989. The van der Waals surface area contributed by atoms with Crippen LogP contribution in [-0.2, 0) is 6.42 Å². The molecule has 0 unspecified atom stereocenters. The van der Waals surface area contributed by atoms with Gasteiger partial charge >= 0.3 is 0 Å². The monoisotopic (exact) mass is 315 g/mol. The molecule has 2 aromatic carbocycles. The van der Waals surface area contributed by atoms with Crippen molar-refractivity contribution in [2.24, 2.45) is 0 Å². The summed E-state index contributed by atoms with van der Waals surface area (Å²) in [4.78, 5) is 14.5. The summed E-state index contributed by atoms with van der Waals surface area (Å²) in [5, 5.41) is 0. The number of hydrogen-bond acceptors (Lipinski definition) is 1. The average molecular weight is 316 g/mol. The standard InChI is InChI=1S/C16H14BrNO/c1-11-4-2-5-12-8-9-18(15(11)12)16(19)13-6-3-7-14(17)10-13/h2-7,10H,8-9H2,1H3. The topological polar surface area (TPSA) is 20.3 Å². The molecular weight excluding hydrogens is 302 g/mol. The van der Waals surface area contributed by atoms with E-state index >= 15 is 0 Å². The molecule has 0 bridgehead atoms. The molecule has 1 amide bonds. The fraction of sp³-hybridized carbons (Fsp3) is 0.188. The van der Waals surface area contributed by atoms with E-state index in [1.807, 2.05) is 29.2 Å². The molecule has 1 heterocycles. The van der Waals surface area contributed by atoms with Gasteiger partial charge in [-0.2, -0.15) is 0 Å². The van der Waals surface area contributed by atoms with Crippen molar-refractivity contribution in [2.75, 3.05) is 11.4 Å². The van der Waals surface area contributed by atoms with Gasteiger partial charge in [0.2, 0.25) is 0 Å². The number of rotatable bonds is 1. The molecule has 0 saturated heterocycles. The van der Waals surface area contributed by atoms with Gasteiger partial charge in [0.25, 0.3) is 5.91 Å². The lowest BCUT2D eigenvalue weighted by atomic mass is 10.1. The maximum atomic E-state index is 12.6. The molecule has 0 fully saturated rings. The molecule has 0 aromatic heterocycles. The van der Waals surface area contributed by atoms with E-state index in [-0.39, 0.29) is 5.91 Å². The van der Waals surface area contributed by atoms with E-state index in [0.29, 0.717) is 0 Å². The number of halogens is 1. The normalized spacial score (nSPS) is 13.5. The Morgan fingerprint density at radius 3 is 2.79 bits per heavy atom. The second-order valence-electron chi connectivity index (χ2n) is 4.80. The largest absolute Gasteiger partial charge is 0.307 e. The smallest absolute Gasteiger partial charge is 0.258 e. The number of aryl methyl sites for hydroxylation is 1. The Hall–Kier alpha value is -1.61. The molecule has 0 aliphatic carbocycles. The van der Waals surface area contributed by atoms with Gasteiger partial charge in [-0.1, -0.05) is 40.2 Å². The van der Waals surface area contributed by atoms with Gasteiger partial charge < -0.3 is 4.90 Å². The van der Waals surface area contributed by atoms with Crippen molar-refractivity contribution < 1.29 is 4.79 Å². The van der Waals surface area contributed by atoms with Crippen LogP contribution in [0.3, 0.4) is 0 Å². The van der Waals surface area contributed by atoms with Gasteiger partial charge in [-0.05, 0) is 42.7 Å². The third-order valence-corrected chi connectivity index (χ3v) is 4.01. The van der Waals surface area contributed by atoms with E-state index in [1.54, 1.807) is 0 Å². The van der Waals surface area contributed by atoms with Crippen molar-refractivity contribution in [3.05, 3.63) is 63.6 Å². The number of carbonyl (C=O) groups is 1. The minimum atomic E-state index is 0.0781. The van der Waals surface area contributed by atoms with E-state index in [4.69, 9.17) is 0 Å². The number of anilines is 1. The Bertz CT molecular complexity index is 651. The molecule has 3 heteroatoms. The first-order valence-corrected chi connectivity index (χ1v) is 7.12. The molecular formula is C16H14BrNO. The highest BCUT2D eigenvalue weighted by Crippen LogP contribution is 2.32. The zero-order valence-electron chi connectivity index (χ0n) is 10.7. The van der Waals surface area contributed by atoms with Gasteiger partial charge in [-0.3, -0.25) is 4.79 Å². The minimum Gasteiger partial charge on any atom is -0.307 e. The van der Waals surface area contributed by atoms with E-state index in [2.05, 4.69) is 41.1 Å². The highest BCUT2D eigenvalue weighted by molar-refractivity contribution is 9.10. The first kappa shape index (κ1) is 12.4. The van der Waals surface area contributed by atoms with Crippen molar-refractivity contribution in [1.82, 2.24) is 0 Å². The summed E-state index contributed by atoms with van der Waals surface area (Å²) in [7, 11) is 0. The average Bonchev–Trinajstić information content (AvgIpc) is 2.83. The predicted octanol–water partition coefficient (Wildman–Crippen LogP) is 3.96. The number of benzene rings is 2. The third kappa shape index (κ3) is 2.19. The minimum absolute atomic E-state index is 0.0781. The maximum absolute atomic E-state index is 12.6. The van der Waals surface area contributed by atoms with Crippen LogP contribution in [0, 0.1) is 6.92 Å². The summed E-state index contributed by atoms with van der Waals surface area (Å²) in [6.45, 7) is 2.83. The molecule has 0 radical (unpaired) electrons. The number of carbonyl (C=O) groups excluding carboxylic acids is 1. The van der Waals surface area contributed by atoms with E-state index in [0.717, 1.165) is 28.7 Å². The zero-order valence-corrected chi connectivity index (χ0v) is 12.3. The molecule has 3 rings (SSSR count). The third-order valence-electron chi connectivity index (χ3n) is 3.51. The quantitative estimate of drug-likeness (QED) is 0.780. The van der Waals surface area contributed by atoms with Crippen molar-refractivity contribution in [3.8, 4) is 0 Å². The fourth-order valence-electron chi connectivity index (χ4n) is 2.63. The van der Waals surface area contributed by atoms with Gasteiger partial charge in [0.1, 0.15) is 0 Å². The Morgan fingerprint density at radius 1 is 1.21 bits per heavy atom. The molecule has 0 N–H and O–H groups in total. The van der Waals surface area contributed by atoms with Crippen LogP contribution in [0.1, 0.15) is 21.5 Å². The van der Waals surface area contributed by atoms with Crippen LogP contribution in [0.25, 0.3) is 0 Å². The van der Waals surface area contributed by atoms with Crippen molar-refractivity contribution in [3.63, 3.8) is 0 Å². The van der Waals surface area contributed by atoms with Gasteiger partial charge in [-0.15, -0.1) is 0 Å². The predicted molar refractivity (Wildman–Crippen MR) is 80.7 cm³/mol. The van der Waals surface area contributed by atoms with Crippen molar-refractivity contribution in [2.45, 2.75) is 13.3 Å². The molecule has 0 spiro atoms. The van der Waals surface area contributed by atoms with Crippen LogP contribution in [0.15, 0.2) is 46.9 Å². The fourth-order valence-corrected chi connectivity index (χ4v) is 3.03. The van der Waals surface area contributed by atoms with E-state index in [9.17, 15) is 4.79 Å². The first-order valence-electron chi connectivity index (χ1n) is 6.33. The lowest BCUT2D eigenvalue weighted by Crippen LogP contribution is -2.29. The molecule has 0 saturated carbocycles. The van der Waals surface area contributed by atoms with Crippen LogP contribution in [-0.4, -0.2) is 12.5 Å². The van der Waals surface area contributed by atoms with Gasteiger partial charge in [0.15, 0.2) is 0 Å². The Labute approximate surface area is 121 Å². The highest BCUT2D eigenvalue weighted by Gasteiger charge is 2.26. The Balaban J connectivity index is 2.00. The van der Waals surface area contributed by atoms with Gasteiger partial charge in [-0.25, -0.2) is 0 Å². The summed E-state index contributed by atoms with van der Waals surface area (Å²) >= 11 is 3.41. The number of para-hydroxylation sites is 1. The SMILES string of the molecule is Cc1cccc2c1N(C(=O)c1cccc(Br)c1)CC2. The number of hydrogen-bond donors (Lipinski definition) is 0. The molecule has 0 atom stereocenters. The maximum Gasteiger partial charge on any atom is 0.258 e. The van der Waals surface area contributed by atoms with Crippen LogP contribution >= 0.6 is 15.9 Å². The number of fused-ring (bicyclic) bond motifs is 1.